The van der Waals surface area contributed by atoms with Crippen LogP contribution < -0.4 is 10.2 Å². The number of hydrogen-bond acceptors (Lipinski definition) is 2. The van der Waals surface area contributed by atoms with E-state index >= 15 is 0 Å². The average molecular weight is 295 g/mol. The van der Waals surface area contributed by atoms with Crippen molar-refractivity contribution in [1.29, 1.82) is 0 Å². The van der Waals surface area contributed by atoms with Gasteiger partial charge in [0.15, 0.2) is 0 Å². The molecule has 1 aromatic carbocycles. The molecule has 20 heavy (non-hydrogen) atoms. The Kier molecular flexibility index (Phi) is 4.33. The highest BCUT2D eigenvalue weighted by Crippen LogP contribution is 2.42. The number of carbonyl (C=O) groups is 2. The van der Waals surface area contributed by atoms with Crippen LogP contribution in [0.4, 0.5) is 5.69 Å². The zero-order valence-electron chi connectivity index (χ0n) is 12.0. The zero-order valence-corrected chi connectivity index (χ0v) is 12.8. The van der Waals surface area contributed by atoms with Gasteiger partial charge in [0.1, 0.15) is 6.04 Å². The number of fused-ring (bicyclic) bond motifs is 1. The predicted octanol–water partition coefficient (Wildman–Crippen LogP) is 2.97. The van der Waals surface area contributed by atoms with E-state index in [1.807, 2.05) is 13.0 Å². The molecule has 0 spiro atoms. The summed E-state index contributed by atoms with van der Waals surface area (Å²) in [6.45, 7) is 6.10. The van der Waals surface area contributed by atoms with Crippen molar-refractivity contribution in [2.24, 2.45) is 0 Å². The van der Waals surface area contributed by atoms with Gasteiger partial charge in [0.25, 0.3) is 5.91 Å². The number of halogens is 1. The third-order valence-corrected chi connectivity index (χ3v) is 3.85. The fourth-order valence-electron chi connectivity index (χ4n) is 2.59. The summed E-state index contributed by atoms with van der Waals surface area (Å²) in [5, 5.41) is 3.23. The van der Waals surface area contributed by atoms with E-state index in [0.29, 0.717) is 11.6 Å². The summed E-state index contributed by atoms with van der Waals surface area (Å²) in [4.78, 5) is 25.7. The Labute approximate surface area is 124 Å². The van der Waals surface area contributed by atoms with Gasteiger partial charge in [0.05, 0.1) is 5.69 Å². The molecule has 1 aromatic rings. The highest BCUT2D eigenvalue weighted by molar-refractivity contribution is 6.33. The number of unbranched alkanes of at least 4 members (excludes halogenated alkanes) is 1. The van der Waals surface area contributed by atoms with Crippen LogP contribution in [0.15, 0.2) is 12.1 Å². The maximum absolute atomic E-state index is 12.6. The molecule has 1 N–H and O–H groups in total. The van der Waals surface area contributed by atoms with E-state index in [-0.39, 0.29) is 11.8 Å². The van der Waals surface area contributed by atoms with Gasteiger partial charge in [-0.15, -0.1) is 0 Å². The molecular weight excluding hydrogens is 276 g/mol. The van der Waals surface area contributed by atoms with Crippen molar-refractivity contribution < 1.29 is 9.59 Å². The van der Waals surface area contributed by atoms with E-state index in [2.05, 4.69) is 12.2 Å². The molecule has 108 valence electrons. The maximum atomic E-state index is 12.6. The lowest BCUT2D eigenvalue weighted by atomic mass is 10.0. The first-order valence-electron chi connectivity index (χ1n) is 6.84. The number of aryl methyl sites for hydroxylation is 1. The molecule has 1 atom stereocenters. The smallest absolute Gasteiger partial charge is 0.254 e. The van der Waals surface area contributed by atoms with Gasteiger partial charge >= 0.3 is 0 Å². The first kappa shape index (κ1) is 14.9. The lowest BCUT2D eigenvalue weighted by Crippen LogP contribution is -2.37. The summed E-state index contributed by atoms with van der Waals surface area (Å²) in [5.41, 5.74) is 2.58. The summed E-state index contributed by atoms with van der Waals surface area (Å²) in [6, 6.07) is 3.02. The molecule has 0 aliphatic carbocycles. The van der Waals surface area contributed by atoms with Crippen LogP contribution in [0, 0.1) is 6.92 Å². The molecule has 0 radical (unpaired) electrons. The van der Waals surface area contributed by atoms with Gasteiger partial charge in [0, 0.05) is 24.1 Å². The number of benzene rings is 1. The molecule has 5 heteroatoms. The fraction of sp³-hybridized carbons (Fsp3) is 0.467. The first-order chi connectivity index (χ1) is 9.47. The number of hydrogen-bond donors (Lipinski definition) is 1. The zero-order chi connectivity index (χ0) is 14.9. The molecule has 1 heterocycles. The van der Waals surface area contributed by atoms with Gasteiger partial charge in [-0.3, -0.25) is 9.59 Å². The number of carbonyl (C=O) groups excluding carboxylic acids is 2. The Bertz CT molecular complexity index is 557. The monoisotopic (exact) mass is 294 g/mol. The highest BCUT2D eigenvalue weighted by Gasteiger charge is 2.40. The third-order valence-electron chi connectivity index (χ3n) is 3.52. The summed E-state index contributed by atoms with van der Waals surface area (Å²) in [5.74, 6) is -0.330. The van der Waals surface area contributed by atoms with Crippen LogP contribution in [0.2, 0.25) is 5.02 Å². The molecule has 0 fully saturated rings. The second-order valence-corrected chi connectivity index (χ2v) is 5.51. The molecule has 0 saturated carbocycles. The van der Waals surface area contributed by atoms with Crippen molar-refractivity contribution in [3.63, 3.8) is 0 Å². The second-order valence-electron chi connectivity index (χ2n) is 5.10. The third kappa shape index (κ3) is 2.52. The molecule has 0 bridgehead atoms. The van der Waals surface area contributed by atoms with Crippen molar-refractivity contribution in [2.45, 2.75) is 39.7 Å². The number of amides is 2. The van der Waals surface area contributed by atoms with Crippen LogP contribution in [-0.4, -0.2) is 18.4 Å². The molecular formula is C15H19ClN2O2. The van der Waals surface area contributed by atoms with E-state index in [0.717, 1.165) is 29.7 Å². The van der Waals surface area contributed by atoms with E-state index in [9.17, 15) is 9.59 Å². The maximum Gasteiger partial charge on any atom is 0.254 e. The van der Waals surface area contributed by atoms with Crippen LogP contribution in [0.25, 0.3) is 0 Å². The Morgan fingerprint density at radius 2 is 2.15 bits per heavy atom. The molecule has 1 aliphatic heterocycles. The van der Waals surface area contributed by atoms with Crippen molar-refractivity contribution in [3.8, 4) is 0 Å². The minimum Gasteiger partial charge on any atom is -0.341 e. The van der Waals surface area contributed by atoms with Crippen LogP contribution in [0.1, 0.15) is 43.9 Å². The quantitative estimate of drug-likeness (QED) is 0.928. The number of anilines is 1. The van der Waals surface area contributed by atoms with Crippen LogP contribution in [0.5, 0.6) is 0 Å². The molecule has 2 amide bonds. The molecule has 0 saturated heterocycles. The Morgan fingerprint density at radius 1 is 1.45 bits per heavy atom. The largest absolute Gasteiger partial charge is 0.341 e. The lowest BCUT2D eigenvalue weighted by Gasteiger charge is -2.19. The van der Waals surface area contributed by atoms with Crippen molar-refractivity contribution >= 4 is 29.1 Å². The van der Waals surface area contributed by atoms with Gasteiger partial charge in [-0.2, -0.15) is 0 Å². The lowest BCUT2D eigenvalue weighted by molar-refractivity contribution is -0.126. The molecule has 1 aliphatic rings. The van der Waals surface area contributed by atoms with E-state index < -0.39 is 6.04 Å². The molecule has 4 nitrogen and oxygen atoms in total. The van der Waals surface area contributed by atoms with Crippen LogP contribution in [-0.2, 0) is 9.59 Å². The normalized spacial score (nSPS) is 17.3. The minimum atomic E-state index is -0.660. The highest BCUT2D eigenvalue weighted by atomic mass is 35.5. The van der Waals surface area contributed by atoms with E-state index in [4.69, 9.17) is 11.6 Å². The van der Waals surface area contributed by atoms with Crippen molar-refractivity contribution in [2.75, 3.05) is 11.4 Å². The number of nitrogens with one attached hydrogen (secondary N) is 1. The fourth-order valence-corrected chi connectivity index (χ4v) is 2.85. The summed E-state index contributed by atoms with van der Waals surface area (Å²) < 4.78 is 0. The van der Waals surface area contributed by atoms with Gasteiger partial charge in [-0.1, -0.05) is 31.0 Å². The van der Waals surface area contributed by atoms with E-state index in [1.165, 1.54) is 6.92 Å². The standard InChI is InChI=1S/C15H19ClN2O2/c1-4-5-8-18-14-9(2)6-7-11(16)12(14)13(15(18)20)17-10(3)19/h6-7,13H,4-5,8H2,1-3H3,(H,17,19). The Hall–Kier alpha value is -1.55. The van der Waals surface area contributed by atoms with Crippen LogP contribution >= 0.6 is 11.6 Å². The van der Waals surface area contributed by atoms with Gasteiger partial charge in [-0.05, 0) is 25.0 Å². The molecule has 1 unspecified atom stereocenters. The Balaban J connectivity index is 2.49. The minimum absolute atomic E-state index is 0.0974. The predicted molar refractivity (Wildman–Crippen MR) is 80.0 cm³/mol. The molecule has 0 aromatic heterocycles. The summed E-state index contributed by atoms with van der Waals surface area (Å²) in [6.07, 6.45) is 1.92. The summed E-state index contributed by atoms with van der Waals surface area (Å²) in [7, 11) is 0. The Morgan fingerprint density at radius 3 is 2.75 bits per heavy atom. The summed E-state index contributed by atoms with van der Waals surface area (Å²) >= 11 is 6.25. The molecule has 2 rings (SSSR count). The second kappa shape index (κ2) is 5.83. The first-order valence-corrected chi connectivity index (χ1v) is 7.22. The van der Waals surface area contributed by atoms with Gasteiger partial charge < -0.3 is 10.2 Å². The van der Waals surface area contributed by atoms with Gasteiger partial charge in [-0.25, -0.2) is 0 Å². The van der Waals surface area contributed by atoms with Crippen molar-refractivity contribution in [1.82, 2.24) is 5.32 Å². The van der Waals surface area contributed by atoms with Gasteiger partial charge in [0.2, 0.25) is 5.91 Å². The average Bonchev–Trinajstić information content (AvgIpc) is 2.66. The van der Waals surface area contributed by atoms with Crippen LogP contribution in [0.3, 0.4) is 0 Å². The topological polar surface area (TPSA) is 49.4 Å². The number of rotatable bonds is 4. The van der Waals surface area contributed by atoms with Crippen molar-refractivity contribution in [3.05, 3.63) is 28.3 Å². The SMILES string of the molecule is CCCCN1C(=O)C(NC(C)=O)c2c(Cl)ccc(C)c21. The van der Waals surface area contributed by atoms with E-state index in [1.54, 1.807) is 11.0 Å². The number of nitrogens with zero attached hydrogens (tertiary/aromatic N) is 1.